The Balaban J connectivity index is 1.74. The molecule has 24 heavy (non-hydrogen) atoms. The number of aromatic carboxylic acids is 1. The maximum atomic E-state index is 11.9. The van der Waals surface area contributed by atoms with E-state index < -0.39 is 5.97 Å². The van der Waals surface area contributed by atoms with E-state index in [1.807, 2.05) is 0 Å². The third-order valence-electron chi connectivity index (χ3n) is 3.86. The summed E-state index contributed by atoms with van der Waals surface area (Å²) in [5, 5.41) is 11.8. The topological polar surface area (TPSA) is 66.4 Å². The molecule has 4 heteroatoms. The molecule has 126 valence electrons. The summed E-state index contributed by atoms with van der Waals surface area (Å²) in [6, 6.07) is 13.1. The number of nitrogens with one attached hydrogen (secondary N) is 1. The van der Waals surface area contributed by atoms with Crippen molar-refractivity contribution in [2.24, 2.45) is 0 Å². The first-order valence-corrected chi connectivity index (χ1v) is 8.10. The fourth-order valence-corrected chi connectivity index (χ4v) is 2.72. The zero-order valence-electron chi connectivity index (χ0n) is 14.1. The van der Waals surface area contributed by atoms with Gasteiger partial charge in [-0.2, -0.15) is 0 Å². The zero-order valence-corrected chi connectivity index (χ0v) is 14.1. The monoisotopic (exact) mass is 325 g/mol. The second kappa shape index (κ2) is 8.29. The molecule has 2 aromatic rings. The fraction of sp³-hybridized carbons (Fsp3) is 0.300. The van der Waals surface area contributed by atoms with E-state index in [-0.39, 0.29) is 11.5 Å². The van der Waals surface area contributed by atoms with E-state index in [1.54, 1.807) is 24.3 Å². The van der Waals surface area contributed by atoms with Crippen LogP contribution in [0.3, 0.4) is 0 Å². The minimum Gasteiger partial charge on any atom is -0.478 e. The van der Waals surface area contributed by atoms with Crippen LogP contribution in [0.2, 0.25) is 0 Å². The first-order chi connectivity index (χ1) is 11.4. The summed E-state index contributed by atoms with van der Waals surface area (Å²) in [6.07, 6.45) is 1.90. The van der Waals surface area contributed by atoms with Gasteiger partial charge in [-0.15, -0.1) is 0 Å². The Morgan fingerprint density at radius 1 is 0.917 bits per heavy atom. The molecule has 0 unspecified atom stereocenters. The van der Waals surface area contributed by atoms with Crippen molar-refractivity contribution in [2.75, 3.05) is 6.54 Å². The number of carboxylic acid groups (broad SMARTS) is 1. The third-order valence-corrected chi connectivity index (χ3v) is 3.86. The number of hydrogen-bond donors (Lipinski definition) is 2. The smallest absolute Gasteiger partial charge is 0.335 e. The molecule has 2 aromatic carbocycles. The average Bonchev–Trinajstić information content (AvgIpc) is 2.52. The zero-order chi connectivity index (χ0) is 17.5. The van der Waals surface area contributed by atoms with Crippen LogP contribution >= 0.6 is 0 Å². The largest absolute Gasteiger partial charge is 0.478 e. The van der Waals surface area contributed by atoms with Crippen molar-refractivity contribution in [3.05, 3.63) is 70.3 Å². The van der Waals surface area contributed by atoms with Crippen molar-refractivity contribution >= 4 is 11.9 Å². The lowest BCUT2D eigenvalue weighted by molar-refractivity contribution is -0.121. The molecule has 0 saturated heterocycles. The standard InChI is InChI=1S/C20H23NO3/c1-14-11-15(2)13-17(12-14)5-8-19(22)21-10-9-16-3-6-18(7-4-16)20(23)24/h3-4,6-7,11-13H,5,8-10H2,1-2H3,(H,21,22)(H,23,24). The number of hydrogen-bond acceptors (Lipinski definition) is 2. The maximum Gasteiger partial charge on any atom is 0.335 e. The molecular formula is C20H23NO3. The number of carboxylic acids is 1. The average molecular weight is 325 g/mol. The van der Waals surface area contributed by atoms with Gasteiger partial charge in [0, 0.05) is 13.0 Å². The lowest BCUT2D eigenvalue weighted by Crippen LogP contribution is -2.25. The molecule has 0 aromatic heterocycles. The van der Waals surface area contributed by atoms with Crippen molar-refractivity contribution < 1.29 is 14.7 Å². The van der Waals surface area contributed by atoms with Crippen molar-refractivity contribution in [1.29, 1.82) is 0 Å². The van der Waals surface area contributed by atoms with Crippen LogP contribution in [0, 0.1) is 13.8 Å². The van der Waals surface area contributed by atoms with E-state index in [0.717, 1.165) is 12.0 Å². The molecule has 0 heterocycles. The van der Waals surface area contributed by atoms with Crippen LogP contribution in [0.25, 0.3) is 0 Å². The van der Waals surface area contributed by atoms with Crippen LogP contribution in [-0.2, 0) is 17.6 Å². The molecule has 2 rings (SSSR count). The van der Waals surface area contributed by atoms with Crippen molar-refractivity contribution in [3.63, 3.8) is 0 Å². The van der Waals surface area contributed by atoms with Crippen LogP contribution < -0.4 is 5.32 Å². The highest BCUT2D eigenvalue weighted by Crippen LogP contribution is 2.11. The van der Waals surface area contributed by atoms with Gasteiger partial charge < -0.3 is 10.4 Å². The highest BCUT2D eigenvalue weighted by Gasteiger charge is 2.04. The Hall–Kier alpha value is -2.62. The quantitative estimate of drug-likeness (QED) is 0.821. The van der Waals surface area contributed by atoms with E-state index in [2.05, 4.69) is 37.4 Å². The molecule has 0 aliphatic carbocycles. The molecule has 0 aliphatic rings. The van der Waals surface area contributed by atoms with Crippen LogP contribution in [0.5, 0.6) is 0 Å². The number of amides is 1. The molecule has 0 atom stereocenters. The summed E-state index contributed by atoms with van der Waals surface area (Å²) in [5.41, 5.74) is 4.91. The Bertz CT molecular complexity index is 700. The third kappa shape index (κ3) is 5.54. The van der Waals surface area contributed by atoms with Crippen molar-refractivity contribution in [1.82, 2.24) is 5.32 Å². The maximum absolute atomic E-state index is 11.9. The van der Waals surface area contributed by atoms with Gasteiger partial charge in [0.15, 0.2) is 0 Å². The van der Waals surface area contributed by atoms with Crippen molar-refractivity contribution in [3.8, 4) is 0 Å². The molecule has 0 saturated carbocycles. The van der Waals surface area contributed by atoms with Crippen LogP contribution in [0.15, 0.2) is 42.5 Å². The lowest BCUT2D eigenvalue weighted by atomic mass is 10.0. The van der Waals surface area contributed by atoms with Gasteiger partial charge >= 0.3 is 5.97 Å². The molecule has 2 N–H and O–H groups in total. The van der Waals surface area contributed by atoms with Gasteiger partial charge in [0.1, 0.15) is 0 Å². The molecule has 0 bridgehead atoms. The summed E-state index contributed by atoms with van der Waals surface area (Å²) in [7, 11) is 0. The van der Waals surface area contributed by atoms with Gasteiger partial charge in [-0.3, -0.25) is 4.79 Å². The summed E-state index contributed by atoms with van der Waals surface area (Å²) >= 11 is 0. The first kappa shape index (κ1) is 17.7. The predicted octanol–water partition coefficient (Wildman–Crippen LogP) is 3.29. The molecule has 0 spiro atoms. The SMILES string of the molecule is Cc1cc(C)cc(CCC(=O)NCCc2ccc(C(=O)O)cc2)c1. The summed E-state index contributed by atoms with van der Waals surface area (Å²) in [5.74, 6) is -0.891. The molecule has 0 fully saturated rings. The molecule has 4 nitrogen and oxygen atoms in total. The second-order valence-electron chi connectivity index (χ2n) is 6.10. The van der Waals surface area contributed by atoms with Gasteiger partial charge in [-0.05, 0) is 49.9 Å². The number of rotatable bonds is 7. The first-order valence-electron chi connectivity index (χ1n) is 8.10. The molecule has 0 aliphatic heterocycles. The van der Waals surface area contributed by atoms with Gasteiger partial charge in [0.2, 0.25) is 5.91 Å². The Morgan fingerprint density at radius 2 is 1.54 bits per heavy atom. The minimum atomic E-state index is -0.929. The summed E-state index contributed by atoms with van der Waals surface area (Å²) in [4.78, 5) is 22.7. The summed E-state index contributed by atoms with van der Waals surface area (Å²) in [6.45, 7) is 4.68. The van der Waals surface area contributed by atoms with E-state index in [9.17, 15) is 9.59 Å². The summed E-state index contributed by atoms with van der Waals surface area (Å²) < 4.78 is 0. The predicted molar refractivity (Wildman–Crippen MR) is 94.4 cm³/mol. The van der Waals surface area contributed by atoms with E-state index >= 15 is 0 Å². The Labute approximate surface area is 142 Å². The van der Waals surface area contributed by atoms with E-state index in [0.29, 0.717) is 19.4 Å². The highest BCUT2D eigenvalue weighted by atomic mass is 16.4. The highest BCUT2D eigenvalue weighted by molar-refractivity contribution is 5.87. The van der Waals surface area contributed by atoms with E-state index in [4.69, 9.17) is 5.11 Å². The fourth-order valence-electron chi connectivity index (χ4n) is 2.72. The van der Waals surface area contributed by atoms with Gasteiger partial charge in [0.05, 0.1) is 5.56 Å². The van der Waals surface area contributed by atoms with Crippen LogP contribution in [0.1, 0.15) is 39.0 Å². The Kier molecular flexibility index (Phi) is 6.13. The van der Waals surface area contributed by atoms with Crippen LogP contribution in [-0.4, -0.2) is 23.5 Å². The second-order valence-corrected chi connectivity index (χ2v) is 6.10. The number of aryl methyl sites for hydroxylation is 3. The lowest BCUT2D eigenvalue weighted by Gasteiger charge is -2.07. The number of carbonyl (C=O) groups is 2. The van der Waals surface area contributed by atoms with Crippen LogP contribution in [0.4, 0.5) is 0 Å². The van der Waals surface area contributed by atoms with E-state index in [1.165, 1.54) is 16.7 Å². The number of carbonyl (C=O) groups excluding carboxylic acids is 1. The van der Waals surface area contributed by atoms with Gasteiger partial charge in [-0.1, -0.05) is 41.5 Å². The number of benzene rings is 2. The van der Waals surface area contributed by atoms with Gasteiger partial charge in [0.25, 0.3) is 0 Å². The molecule has 0 radical (unpaired) electrons. The molecular weight excluding hydrogens is 302 g/mol. The van der Waals surface area contributed by atoms with Gasteiger partial charge in [-0.25, -0.2) is 4.79 Å². The normalized spacial score (nSPS) is 10.4. The molecule has 1 amide bonds. The Morgan fingerprint density at radius 3 is 2.12 bits per heavy atom. The van der Waals surface area contributed by atoms with Crippen molar-refractivity contribution in [2.45, 2.75) is 33.1 Å². The minimum absolute atomic E-state index is 0.0383.